The van der Waals surface area contributed by atoms with Crippen molar-refractivity contribution in [2.45, 2.75) is 42.6 Å². The molecule has 12 heteroatoms. The molecule has 0 unspecified atom stereocenters. The normalized spacial score (nSPS) is 21.5. The number of aromatic nitrogens is 2. The molecule has 4 rings (SSSR count). The number of benzene rings is 1. The van der Waals surface area contributed by atoms with Crippen molar-refractivity contribution in [2.24, 2.45) is 0 Å². The Morgan fingerprint density at radius 1 is 1.10 bits per heavy atom. The van der Waals surface area contributed by atoms with Gasteiger partial charge < -0.3 is 9.26 Å². The predicted octanol–water partition coefficient (Wildman–Crippen LogP) is 1.33. The number of hydrogen-bond acceptors (Lipinski definition) is 8. The van der Waals surface area contributed by atoms with Crippen LogP contribution in [0.25, 0.3) is 11.4 Å². The summed E-state index contributed by atoms with van der Waals surface area (Å²) in [6, 6.07) is 6.30. The lowest BCUT2D eigenvalue weighted by molar-refractivity contribution is 0.114. The van der Waals surface area contributed by atoms with Crippen LogP contribution in [0.1, 0.15) is 37.5 Å². The number of rotatable bonds is 7. The molecule has 3 heterocycles. The summed E-state index contributed by atoms with van der Waals surface area (Å²) < 4.78 is 63.1. The van der Waals surface area contributed by atoms with Crippen LogP contribution in [0.3, 0.4) is 0 Å². The molecule has 2 aliphatic heterocycles. The predicted molar refractivity (Wildman–Crippen MR) is 112 cm³/mol. The monoisotopic (exact) mass is 470 g/mol. The fourth-order valence-corrected chi connectivity index (χ4v) is 5.77. The first-order chi connectivity index (χ1) is 14.7. The van der Waals surface area contributed by atoms with Gasteiger partial charge in [-0.15, -0.1) is 0 Å². The van der Waals surface area contributed by atoms with Gasteiger partial charge in [-0.25, -0.2) is 25.9 Å². The molecule has 1 N–H and O–H groups in total. The lowest BCUT2D eigenvalue weighted by Crippen LogP contribution is -2.37. The zero-order chi connectivity index (χ0) is 22.1. The summed E-state index contributed by atoms with van der Waals surface area (Å²) in [7, 11) is -6.81. The first-order valence-electron chi connectivity index (χ1n) is 10.2. The maximum atomic E-state index is 12.5. The molecular weight excluding hydrogens is 444 g/mol. The van der Waals surface area contributed by atoms with Gasteiger partial charge in [0.15, 0.2) is 0 Å². The molecule has 2 saturated heterocycles. The van der Waals surface area contributed by atoms with Crippen LogP contribution in [0, 0.1) is 0 Å². The maximum absolute atomic E-state index is 12.5. The summed E-state index contributed by atoms with van der Waals surface area (Å²) in [4.78, 5) is 4.60. The van der Waals surface area contributed by atoms with E-state index in [0.29, 0.717) is 49.8 Å². The molecule has 0 spiro atoms. The second-order valence-electron chi connectivity index (χ2n) is 7.90. The third-order valence-corrected chi connectivity index (χ3v) is 8.40. The minimum atomic E-state index is -3.62. The van der Waals surface area contributed by atoms with Crippen LogP contribution in [0.4, 0.5) is 0 Å². The minimum absolute atomic E-state index is 0.000840. The summed E-state index contributed by atoms with van der Waals surface area (Å²) in [6.45, 7) is 1.78. The molecule has 0 amide bonds. The Morgan fingerprint density at radius 2 is 1.81 bits per heavy atom. The van der Waals surface area contributed by atoms with Crippen molar-refractivity contribution in [1.82, 2.24) is 19.2 Å². The van der Waals surface area contributed by atoms with E-state index in [1.807, 2.05) is 0 Å². The second-order valence-corrected chi connectivity index (χ2v) is 11.7. The highest BCUT2D eigenvalue weighted by atomic mass is 32.2. The molecule has 2 fully saturated rings. The third-order valence-electron chi connectivity index (χ3n) is 5.66. The third kappa shape index (κ3) is 5.32. The number of nitrogens with one attached hydrogen (secondary N) is 1. The Morgan fingerprint density at radius 3 is 2.42 bits per heavy atom. The molecule has 31 heavy (non-hydrogen) atoms. The van der Waals surface area contributed by atoms with Gasteiger partial charge in [0, 0.05) is 37.7 Å². The molecule has 1 aromatic heterocycles. The van der Waals surface area contributed by atoms with Crippen LogP contribution in [0.5, 0.6) is 0 Å². The highest BCUT2D eigenvalue weighted by Gasteiger charge is 2.29. The first kappa shape index (κ1) is 22.3. The highest BCUT2D eigenvalue weighted by molar-refractivity contribution is 7.89. The maximum Gasteiger partial charge on any atom is 0.240 e. The Hall–Kier alpha value is -1.86. The van der Waals surface area contributed by atoms with Crippen LogP contribution in [-0.2, 0) is 24.8 Å². The van der Waals surface area contributed by atoms with E-state index in [1.54, 1.807) is 12.1 Å². The number of sulfonamides is 2. The molecule has 0 aliphatic carbocycles. The van der Waals surface area contributed by atoms with E-state index in [4.69, 9.17) is 9.26 Å². The number of nitrogens with zero attached hydrogens (tertiary/aromatic N) is 3. The second kappa shape index (κ2) is 8.94. The van der Waals surface area contributed by atoms with Gasteiger partial charge in [0.2, 0.25) is 31.8 Å². The van der Waals surface area contributed by atoms with E-state index >= 15 is 0 Å². The van der Waals surface area contributed by atoms with Gasteiger partial charge in [-0.2, -0.15) is 4.98 Å². The SMILES string of the molecule is CS(=O)(=O)N1CCC(c2nc(-c3ccc(S(=O)(=O)NC[C@@H]4CCCO4)cc3)no2)CC1. The molecule has 170 valence electrons. The number of hydrogen-bond donors (Lipinski definition) is 1. The Kier molecular flexibility index (Phi) is 6.44. The average molecular weight is 471 g/mol. The zero-order valence-electron chi connectivity index (χ0n) is 17.2. The van der Waals surface area contributed by atoms with Crippen LogP contribution in [-0.4, -0.2) is 69.9 Å². The van der Waals surface area contributed by atoms with Gasteiger partial charge in [-0.05, 0) is 49.9 Å². The molecule has 2 aliphatic rings. The molecule has 1 aromatic carbocycles. The Labute approximate surface area is 182 Å². The molecular formula is C19H26N4O6S2. The summed E-state index contributed by atoms with van der Waals surface area (Å²) in [5.41, 5.74) is 0.640. The van der Waals surface area contributed by atoms with Crippen molar-refractivity contribution >= 4 is 20.0 Å². The van der Waals surface area contributed by atoms with Crippen LogP contribution < -0.4 is 4.72 Å². The van der Waals surface area contributed by atoms with Gasteiger partial charge in [-0.1, -0.05) is 5.16 Å². The van der Waals surface area contributed by atoms with Crippen LogP contribution in [0.15, 0.2) is 33.7 Å². The van der Waals surface area contributed by atoms with Gasteiger partial charge in [0.1, 0.15) is 0 Å². The Balaban J connectivity index is 1.39. The zero-order valence-corrected chi connectivity index (χ0v) is 18.9. The molecule has 0 saturated carbocycles. The van der Waals surface area contributed by atoms with Crippen molar-refractivity contribution in [3.05, 3.63) is 30.2 Å². The van der Waals surface area contributed by atoms with E-state index in [-0.39, 0.29) is 23.5 Å². The van der Waals surface area contributed by atoms with Crippen LogP contribution >= 0.6 is 0 Å². The van der Waals surface area contributed by atoms with Gasteiger partial charge in [0.05, 0.1) is 17.3 Å². The minimum Gasteiger partial charge on any atom is -0.377 e. The first-order valence-corrected chi connectivity index (χ1v) is 13.6. The highest BCUT2D eigenvalue weighted by Crippen LogP contribution is 2.29. The standard InChI is InChI=1S/C19H26N4O6S2/c1-30(24,25)23-10-8-15(9-11-23)19-21-18(22-29-19)14-4-6-17(7-5-14)31(26,27)20-13-16-3-2-12-28-16/h4-7,15-16,20H,2-3,8-13H2,1H3/t16-/m0/s1. The van der Waals surface area contributed by atoms with E-state index in [1.165, 1.54) is 22.7 Å². The number of ether oxygens (including phenoxy) is 1. The largest absolute Gasteiger partial charge is 0.377 e. The van der Waals surface area contributed by atoms with E-state index < -0.39 is 20.0 Å². The van der Waals surface area contributed by atoms with Gasteiger partial charge in [0.25, 0.3) is 0 Å². The van der Waals surface area contributed by atoms with Crippen molar-refractivity contribution in [3.8, 4) is 11.4 Å². The van der Waals surface area contributed by atoms with Crippen molar-refractivity contribution in [3.63, 3.8) is 0 Å². The van der Waals surface area contributed by atoms with Gasteiger partial charge >= 0.3 is 0 Å². The topological polar surface area (TPSA) is 132 Å². The lowest BCUT2D eigenvalue weighted by atomic mass is 9.98. The van der Waals surface area contributed by atoms with E-state index in [2.05, 4.69) is 14.9 Å². The lowest BCUT2D eigenvalue weighted by Gasteiger charge is -2.28. The summed E-state index contributed by atoms with van der Waals surface area (Å²) in [5, 5.41) is 4.01. The fourth-order valence-electron chi connectivity index (χ4n) is 3.83. The van der Waals surface area contributed by atoms with Gasteiger partial charge in [-0.3, -0.25) is 0 Å². The summed E-state index contributed by atoms with van der Waals surface area (Å²) >= 11 is 0. The van der Waals surface area contributed by atoms with E-state index in [9.17, 15) is 16.8 Å². The molecule has 0 radical (unpaired) electrons. The van der Waals surface area contributed by atoms with Crippen molar-refractivity contribution in [2.75, 3.05) is 32.5 Å². The summed E-state index contributed by atoms with van der Waals surface area (Å²) in [6.07, 6.45) is 4.17. The van der Waals surface area contributed by atoms with Crippen molar-refractivity contribution < 1.29 is 26.1 Å². The average Bonchev–Trinajstić information content (AvgIpc) is 3.44. The molecule has 2 aromatic rings. The molecule has 10 nitrogen and oxygen atoms in total. The molecule has 1 atom stereocenters. The molecule has 0 bridgehead atoms. The smallest absolute Gasteiger partial charge is 0.240 e. The van der Waals surface area contributed by atoms with Crippen molar-refractivity contribution in [1.29, 1.82) is 0 Å². The van der Waals surface area contributed by atoms with Crippen LogP contribution in [0.2, 0.25) is 0 Å². The Bertz CT molecular complexity index is 1100. The summed E-state index contributed by atoms with van der Waals surface area (Å²) in [5.74, 6) is 0.843. The van der Waals surface area contributed by atoms with E-state index in [0.717, 1.165) is 12.8 Å². The number of piperidine rings is 1. The fraction of sp³-hybridized carbons (Fsp3) is 0.579. The quantitative estimate of drug-likeness (QED) is 0.641.